The zero-order valence-electron chi connectivity index (χ0n) is 16.6. The molecule has 2 aliphatic rings. The molecule has 2 aromatic carbocycles. The van der Waals surface area contributed by atoms with Crippen molar-refractivity contribution < 1.29 is 18.0 Å². The van der Waals surface area contributed by atoms with Gasteiger partial charge in [-0.15, -0.1) is 5.10 Å². The van der Waals surface area contributed by atoms with Crippen LogP contribution in [0.1, 0.15) is 47.3 Å². The molecule has 2 heterocycles. The van der Waals surface area contributed by atoms with Crippen LogP contribution < -0.4 is 5.32 Å². The van der Waals surface area contributed by atoms with Crippen LogP contribution in [-0.4, -0.2) is 20.5 Å². The number of rotatable bonds is 2. The summed E-state index contributed by atoms with van der Waals surface area (Å²) >= 11 is 0. The summed E-state index contributed by atoms with van der Waals surface area (Å²) in [6.45, 7) is 1.93. The molecule has 1 aliphatic carbocycles. The van der Waals surface area contributed by atoms with Crippen LogP contribution in [0, 0.1) is 6.92 Å². The first-order valence-electron chi connectivity index (χ1n) is 10.00. The lowest BCUT2D eigenvalue weighted by atomic mass is 9.78. The van der Waals surface area contributed by atoms with E-state index in [-0.39, 0.29) is 17.6 Å². The third kappa shape index (κ3) is 3.41. The number of nitrogens with one attached hydrogen (secondary N) is 1. The van der Waals surface area contributed by atoms with Crippen LogP contribution in [0.25, 0.3) is 0 Å². The number of hydrogen-bond acceptors (Lipinski definition) is 4. The second-order valence-electron chi connectivity index (χ2n) is 7.97. The minimum atomic E-state index is -4.68. The lowest BCUT2D eigenvalue weighted by Gasteiger charge is -2.35. The van der Waals surface area contributed by atoms with Gasteiger partial charge in [-0.3, -0.25) is 4.79 Å². The average Bonchev–Trinajstić information content (AvgIpc) is 3.18. The van der Waals surface area contributed by atoms with Gasteiger partial charge >= 0.3 is 6.18 Å². The Hall–Kier alpha value is -3.42. The van der Waals surface area contributed by atoms with Crippen LogP contribution in [0.4, 0.5) is 19.1 Å². The highest BCUT2D eigenvalue weighted by atomic mass is 19.4. The van der Waals surface area contributed by atoms with E-state index >= 15 is 0 Å². The lowest BCUT2D eigenvalue weighted by molar-refractivity contribution is -0.145. The molecule has 0 amide bonds. The molecule has 0 bridgehead atoms. The molecule has 8 heteroatoms. The first-order chi connectivity index (χ1) is 14.8. The number of carbonyl (C=O) groups excluding carboxylic acids is 1. The van der Waals surface area contributed by atoms with Gasteiger partial charge in [0, 0.05) is 17.7 Å². The Labute approximate surface area is 176 Å². The number of aryl methyl sites for hydroxylation is 1. The van der Waals surface area contributed by atoms with E-state index < -0.39 is 18.0 Å². The summed E-state index contributed by atoms with van der Waals surface area (Å²) in [5.74, 6) is -1.37. The van der Waals surface area contributed by atoms with Crippen LogP contribution in [0.15, 0.2) is 65.9 Å². The van der Waals surface area contributed by atoms with E-state index in [0.717, 1.165) is 11.1 Å². The van der Waals surface area contributed by atoms with E-state index in [9.17, 15) is 18.0 Å². The molecule has 31 heavy (non-hydrogen) atoms. The maximum Gasteiger partial charge on any atom is 0.453 e. The summed E-state index contributed by atoms with van der Waals surface area (Å²) in [6.07, 6.45) is -3.87. The average molecular weight is 424 g/mol. The van der Waals surface area contributed by atoms with Crippen LogP contribution in [0.5, 0.6) is 0 Å². The van der Waals surface area contributed by atoms with E-state index in [1.807, 2.05) is 61.5 Å². The highest BCUT2D eigenvalue weighted by Crippen LogP contribution is 2.44. The third-order valence-electron chi connectivity index (χ3n) is 5.84. The van der Waals surface area contributed by atoms with Crippen molar-refractivity contribution in [2.75, 3.05) is 5.32 Å². The summed E-state index contributed by atoms with van der Waals surface area (Å²) in [6, 6.07) is 16.3. The molecule has 5 rings (SSSR count). The Morgan fingerprint density at radius 3 is 2.39 bits per heavy atom. The van der Waals surface area contributed by atoms with Gasteiger partial charge in [-0.1, -0.05) is 60.2 Å². The fourth-order valence-electron chi connectivity index (χ4n) is 4.35. The fraction of sp³-hybridized carbons (Fsp3) is 0.261. The van der Waals surface area contributed by atoms with Crippen molar-refractivity contribution in [1.82, 2.24) is 14.8 Å². The molecule has 0 fully saturated rings. The first-order valence-corrected chi connectivity index (χ1v) is 10.00. The van der Waals surface area contributed by atoms with Crippen LogP contribution in [0.2, 0.25) is 0 Å². The van der Waals surface area contributed by atoms with Gasteiger partial charge in [0.2, 0.25) is 5.95 Å². The number of aromatic nitrogens is 3. The Bertz CT molecular complexity index is 1180. The molecule has 1 aromatic heterocycles. The zero-order valence-corrected chi connectivity index (χ0v) is 16.6. The molecule has 1 N–H and O–H groups in total. The maximum absolute atomic E-state index is 13.3. The van der Waals surface area contributed by atoms with E-state index in [1.54, 1.807) is 0 Å². The summed E-state index contributed by atoms with van der Waals surface area (Å²) in [4.78, 5) is 17.0. The Morgan fingerprint density at radius 1 is 1.00 bits per heavy atom. The first kappa shape index (κ1) is 19.5. The number of alkyl halides is 3. The molecule has 0 unspecified atom stereocenters. The van der Waals surface area contributed by atoms with Gasteiger partial charge in [-0.2, -0.15) is 18.2 Å². The maximum atomic E-state index is 13.3. The smallest absolute Gasteiger partial charge is 0.328 e. The van der Waals surface area contributed by atoms with Crippen molar-refractivity contribution in [2.45, 2.75) is 37.9 Å². The quantitative estimate of drug-likeness (QED) is 0.628. The molecular weight excluding hydrogens is 405 g/mol. The Kier molecular flexibility index (Phi) is 4.46. The van der Waals surface area contributed by atoms with Crippen LogP contribution in [-0.2, 0) is 11.0 Å². The second kappa shape index (κ2) is 7.08. The van der Waals surface area contributed by atoms with Crippen molar-refractivity contribution >= 4 is 11.7 Å². The largest absolute Gasteiger partial charge is 0.453 e. The molecule has 0 saturated heterocycles. The molecule has 158 valence electrons. The second-order valence-corrected chi connectivity index (χ2v) is 7.97. The molecule has 0 spiro atoms. The Balaban J connectivity index is 1.63. The predicted molar refractivity (Wildman–Crippen MR) is 108 cm³/mol. The minimum absolute atomic E-state index is 0.00170. The predicted octanol–water partition coefficient (Wildman–Crippen LogP) is 5.02. The van der Waals surface area contributed by atoms with Gasteiger partial charge in [0.25, 0.3) is 5.82 Å². The molecule has 5 nitrogen and oxygen atoms in total. The number of halogens is 3. The normalized spacial score (nSPS) is 20.8. The lowest BCUT2D eigenvalue weighted by Crippen LogP contribution is -2.33. The molecule has 1 aliphatic heterocycles. The number of hydrogen-bond donors (Lipinski definition) is 1. The van der Waals surface area contributed by atoms with Crippen LogP contribution >= 0.6 is 0 Å². The van der Waals surface area contributed by atoms with Crippen molar-refractivity contribution in [3.05, 3.63) is 88.4 Å². The number of fused-ring (bicyclic) bond motifs is 1. The van der Waals surface area contributed by atoms with Crippen LogP contribution in [0.3, 0.4) is 0 Å². The van der Waals surface area contributed by atoms with Gasteiger partial charge in [0.15, 0.2) is 5.78 Å². The molecule has 0 saturated carbocycles. The van der Waals surface area contributed by atoms with E-state index in [0.29, 0.717) is 29.7 Å². The number of benzene rings is 2. The van der Waals surface area contributed by atoms with E-state index in [1.165, 1.54) is 4.68 Å². The number of Topliss-reactive ketones (excluding diaryl/α,β-unsaturated/α-hetero) is 1. The number of ketones is 1. The van der Waals surface area contributed by atoms with E-state index in [2.05, 4.69) is 15.4 Å². The summed E-state index contributed by atoms with van der Waals surface area (Å²) in [7, 11) is 0. The van der Waals surface area contributed by atoms with Gasteiger partial charge in [0.05, 0.1) is 0 Å². The molecular formula is C23H19F3N4O. The third-order valence-corrected chi connectivity index (χ3v) is 5.84. The molecule has 0 radical (unpaired) electrons. The van der Waals surface area contributed by atoms with Gasteiger partial charge in [-0.05, 0) is 30.4 Å². The molecule has 3 aromatic rings. The highest BCUT2D eigenvalue weighted by molar-refractivity contribution is 6.00. The minimum Gasteiger partial charge on any atom is -0.328 e. The van der Waals surface area contributed by atoms with Crippen molar-refractivity contribution in [1.29, 1.82) is 0 Å². The Morgan fingerprint density at radius 2 is 1.71 bits per heavy atom. The molecule has 2 atom stereocenters. The summed E-state index contributed by atoms with van der Waals surface area (Å²) in [5.41, 5.74) is 3.82. The van der Waals surface area contributed by atoms with Crippen molar-refractivity contribution in [3.8, 4) is 0 Å². The van der Waals surface area contributed by atoms with Gasteiger partial charge in [-0.25, -0.2) is 4.68 Å². The number of allylic oxidation sites excluding steroid dienone is 2. The number of nitrogens with zero attached hydrogens (tertiary/aromatic N) is 3. The summed E-state index contributed by atoms with van der Waals surface area (Å²) in [5, 5.41) is 6.72. The topological polar surface area (TPSA) is 59.8 Å². The summed E-state index contributed by atoms with van der Waals surface area (Å²) < 4.78 is 41.2. The van der Waals surface area contributed by atoms with Gasteiger partial charge in [0.1, 0.15) is 6.04 Å². The zero-order chi connectivity index (χ0) is 21.8. The number of anilines is 1. The number of carbonyl (C=O) groups is 1. The van der Waals surface area contributed by atoms with Crippen molar-refractivity contribution in [3.63, 3.8) is 0 Å². The highest BCUT2D eigenvalue weighted by Gasteiger charge is 2.43. The fourth-order valence-corrected chi connectivity index (χ4v) is 4.35. The van der Waals surface area contributed by atoms with Crippen molar-refractivity contribution in [2.24, 2.45) is 0 Å². The van der Waals surface area contributed by atoms with Gasteiger partial charge < -0.3 is 5.32 Å². The monoisotopic (exact) mass is 424 g/mol. The van der Waals surface area contributed by atoms with E-state index in [4.69, 9.17) is 0 Å². The SMILES string of the molecule is Cc1ccc([C@H]2C3=C(C[C@H](c4ccccc4)CC3=O)Nc3nc(C(F)(F)F)nn32)cc1. The standard InChI is InChI=1S/C23H19F3N4O/c1-13-7-9-15(10-8-13)20-19-17(27-22-28-21(23(24,25)26)29-30(20)22)11-16(12-18(19)31)14-5-3-2-4-6-14/h2-10,16,20H,11-12H2,1H3,(H,27,28,29)/t16-,20-/m0/s1.